The summed E-state index contributed by atoms with van der Waals surface area (Å²) in [6.07, 6.45) is 3.83. The fraction of sp³-hybridized carbons (Fsp3) is 0.333. The van der Waals surface area contributed by atoms with E-state index in [0.29, 0.717) is 13.2 Å². The number of aromatic hydroxyl groups is 1. The molecule has 0 unspecified atom stereocenters. The first kappa shape index (κ1) is 11.8. The molecule has 0 spiro atoms. The first-order valence-corrected chi connectivity index (χ1v) is 4.88. The molecule has 1 aromatic rings. The third-order valence-electron chi connectivity index (χ3n) is 1.87. The van der Waals surface area contributed by atoms with Crippen molar-refractivity contribution in [2.45, 2.75) is 13.5 Å². The minimum Gasteiger partial charge on any atom is -0.508 e. The molecule has 0 bridgehead atoms. The minimum absolute atomic E-state index is 0.235. The smallest absolute Gasteiger partial charge is 0.147 e. The highest BCUT2D eigenvalue weighted by Gasteiger charge is 1.98. The third kappa shape index (κ3) is 4.63. The summed E-state index contributed by atoms with van der Waals surface area (Å²) in [6.45, 7) is 3.09. The van der Waals surface area contributed by atoms with Gasteiger partial charge in [-0.1, -0.05) is 30.4 Å². The number of rotatable bonds is 6. The third-order valence-corrected chi connectivity index (χ3v) is 1.87. The second-order valence-corrected chi connectivity index (χ2v) is 3.03. The van der Waals surface area contributed by atoms with E-state index in [9.17, 15) is 5.11 Å². The zero-order chi connectivity index (χ0) is 10.9. The second kappa shape index (κ2) is 7.04. The van der Waals surface area contributed by atoms with Gasteiger partial charge in [0, 0.05) is 5.56 Å². The van der Waals surface area contributed by atoms with Crippen LogP contribution < -0.4 is 0 Å². The Kier molecular flexibility index (Phi) is 5.51. The normalized spacial score (nSPS) is 11.0. The fourth-order valence-corrected chi connectivity index (χ4v) is 1.06. The summed E-state index contributed by atoms with van der Waals surface area (Å²) in [4.78, 5) is 0. The lowest BCUT2D eigenvalue weighted by Gasteiger charge is -2.05. The Bertz CT molecular complexity index is 307. The van der Waals surface area contributed by atoms with Gasteiger partial charge in [-0.3, -0.25) is 0 Å². The van der Waals surface area contributed by atoms with Gasteiger partial charge in [-0.15, -0.1) is 0 Å². The second-order valence-electron chi connectivity index (χ2n) is 3.03. The Labute approximate surface area is 90.0 Å². The van der Waals surface area contributed by atoms with E-state index >= 15 is 0 Å². The largest absolute Gasteiger partial charge is 0.508 e. The number of phenolic OH excluding ortho intramolecular Hbond substituents is 1. The number of ether oxygens (including phenoxy) is 2. The van der Waals surface area contributed by atoms with Gasteiger partial charge in [0.25, 0.3) is 0 Å². The lowest BCUT2D eigenvalue weighted by atomic mass is 10.2. The molecule has 15 heavy (non-hydrogen) atoms. The summed E-state index contributed by atoms with van der Waals surface area (Å²) in [5, 5.41) is 9.42. The molecule has 0 aromatic heterocycles. The summed E-state index contributed by atoms with van der Waals surface area (Å²) in [5.74, 6) is 0.256. The molecule has 0 heterocycles. The van der Waals surface area contributed by atoms with Gasteiger partial charge >= 0.3 is 0 Å². The van der Waals surface area contributed by atoms with Crippen molar-refractivity contribution in [1.29, 1.82) is 0 Å². The maximum absolute atomic E-state index is 9.42. The van der Waals surface area contributed by atoms with Crippen LogP contribution in [0.1, 0.15) is 12.5 Å². The van der Waals surface area contributed by atoms with Gasteiger partial charge in [0.1, 0.15) is 12.5 Å². The lowest BCUT2D eigenvalue weighted by molar-refractivity contribution is -0.0523. The van der Waals surface area contributed by atoms with E-state index in [2.05, 4.69) is 0 Å². The van der Waals surface area contributed by atoms with Gasteiger partial charge in [0.05, 0.1) is 13.2 Å². The zero-order valence-electron chi connectivity index (χ0n) is 8.85. The van der Waals surface area contributed by atoms with Crippen LogP contribution in [0.3, 0.4) is 0 Å². The van der Waals surface area contributed by atoms with Gasteiger partial charge in [0.2, 0.25) is 0 Å². The summed E-state index contributed by atoms with van der Waals surface area (Å²) in [5.41, 5.74) is 0.770. The maximum Gasteiger partial charge on any atom is 0.147 e. The standard InChI is InChI=1S/C12H16O3/c1-2-3-8-14-10-15-9-11-6-4-5-7-12(11)13/h2-7,13H,8-10H2,1H3. The van der Waals surface area contributed by atoms with Crippen LogP contribution in [0.2, 0.25) is 0 Å². The quantitative estimate of drug-likeness (QED) is 0.443. The average molecular weight is 208 g/mol. The highest BCUT2D eigenvalue weighted by Crippen LogP contribution is 2.15. The van der Waals surface area contributed by atoms with Crippen LogP contribution in [0, 0.1) is 0 Å². The van der Waals surface area contributed by atoms with E-state index in [-0.39, 0.29) is 12.5 Å². The zero-order valence-corrected chi connectivity index (χ0v) is 8.85. The number of hydrogen-bond acceptors (Lipinski definition) is 3. The van der Waals surface area contributed by atoms with Crippen LogP contribution in [-0.4, -0.2) is 18.5 Å². The van der Waals surface area contributed by atoms with E-state index in [1.54, 1.807) is 12.1 Å². The SMILES string of the molecule is CC=CCOCOCc1ccccc1O. The molecular formula is C12H16O3. The van der Waals surface area contributed by atoms with Crippen molar-refractivity contribution < 1.29 is 14.6 Å². The number of hydrogen-bond donors (Lipinski definition) is 1. The Balaban J connectivity index is 2.18. The van der Waals surface area contributed by atoms with Crippen LogP contribution in [0.15, 0.2) is 36.4 Å². The molecule has 0 amide bonds. The van der Waals surface area contributed by atoms with Crippen molar-refractivity contribution >= 4 is 0 Å². The molecule has 1 rings (SSSR count). The van der Waals surface area contributed by atoms with Crippen LogP contribution in [0.5, 0.6) is 5.75 Å². The van der Waals surface area contributed by atoms with Gasteiger partial charge in [-0.05, 0) is 13.0 Å². The molecule has 0 saturated heterocycles. The molecule has 3 heteroatoms. The summed E-state index contributed by atoms with van der Waals surface area (Å²) in [6, 6.07) is 7.10. The predicted octanol–water partition coefficient (Wildman–Crippen LogP) is 2.46. The average Bonchev–Trinajstić information content (AvgIpc) is 2.25. The van der Waals surface area contributed by atoms with Crippen LogP contribution >= 0.6 is 0 Å². The van der Waals surface area contributed by atoms with Crippen molar-refractivity contribution in [1.82, 2.24) is 0 Å². The number of para-hydroxylation sites is 1. The lowest BCUT2D eigenvalue weighted by Crippen LogP contribution is -2.00. The Morgan fingerprint density at radius 2 is 2.07 bits per heavy atom. The number of allylic oxidation sites excluding steroid dienone is 1. The number of benzene rings is 1. The van der Waals surface area contributed by atoms with E-state index in [0.717, 1.165) is 5.56 Å². The number of phenols is 1. The van der Waals surface area contributed by atoms with E-state index < -0.39 is 0 Å². The Hall–Kier alpha value is -1.32. The van der Waals surface area contributed by atoms with Crippen molar-refractivity contribution in [3.8, 4) is 5.75 Å². The first-order chi connectivity index (χ1) is 7.34. The molecular weight excluding hydrogens is 192 g/mol. The molecule has 0 aliphatic rings. The highest BCUT2D eigenvalue weighted by molar-refractivity contribution is 5.30. The van der Waals surface area contributed by atoms with Crippen LogP contribution in [-0.2, 0) is 16.1 Å². The van der Waals surface area contributed by atoms with Gasteiger partial charge in [0.15, 0.2) is 0 Å². The predicted molar refractivity (Wildman–Crippen MR) is 58.5 cm³/mol. The summed E-state index contributed by atoms with van der Waals surface area (Å²) in [7, 11) is 0. The van der Waals surface area contributed by atoms with Crippen LogP contribution in [0.25, 0.3) is 0 Å². The summed E-state index contributed by atoms with van der Waals surface area (Å²) < 4.78 is 10.4. The minimum atomic E-state index is 0.235. The molecule has 0 aliphatic heterocycles. The topological polar surface area (TPSA) is 38.7 Å². The fourth-order valence-electron chi connectivity index (χ4n) is 1.06. The monoisotopic (exact) mass is 208 g/mol. The molecule has 0 atom stereocenters. The van der Waals surface area contributed by atoms with Crippen molar-refractivity contribution in [2.24, 2.45) is 0 Å². The van der Waals surface area contributed by atoms with Crippen LogP contribution in [0.4, 0.5) is 0 Å². The van der Waals surface area contributed by atoms with E-state index in [1.165, 1.54) is 0 Å². The van der Waals surface area contributed by atoms with E-state index in [1.807, 2.05) is 31.2 Å². The Morgan fingerprint density at radius 3 is 2.80 bits per heavy atom. The highest BCUT2D eigenvalue weighted by atomic mass is 16.7. The molecule has 0 aliphatic carbocycles. The molecule has 0 saturated carbocycles. The van der Waals surface area contributed by atoms with E-state index in [4.69, 9.17) is 9.47 Å². The van der Waals surface area contributed by atoms with Gasteiger partial charge in [-0.2, -0.15) is 0 Å². The molecule has 82 valence electrons. The van der Waals surface area contributed by atoms with Gasteiger partial charge < -0.3 is 14.6 Å². The molecule has 1 N–H and O–H groups in total. The first-order valence-electron chi connectivity index (χ1n) is 4.88. The van der Waals surface area contributed by atoms with Crippen molar-refractivity contribution in [3.63, 3.8) is 0 Å². The Morgan fingerprint density at radius 1 is 1.27 bits per heavy atom. The van der Waals surface area contributed by atoms with Gasteiger partial charge in [-0.25, -0.2) is 0 Å². The maximum atomic E-state index is 9.42. The molecule has 1 aromatic carbocycles. The summed E-state index contributed by atoms with van der Waals surface area (Å²) >= 11 is 0. The molecule has 0 fully saturated rings. The molecule has 0 radical (unpaired) electrons. The molecule has 3 nitrogen and oxygen atoms in total. The van der Waals surface area contributed by atoms with Crippen molar-refractivity contribution in [3.05, 3.63) is 42.0 Å². The van der Waals surface area contributed by atoms with Crippen molar-refractivity contribution in [2.75, 3.05) is 13.4 Å².